The first kappa shape index (κ1) is 11.8. The molecule has 1 heterocycles. The van der Waals surface area contributed by atoms with E-state index in [4.69, 9.17) is 10.2 Å². The van der Waals surface area contributed by atoms with Crippen LogP contribution in [-0.2, 0) is 5.75 Å². The van der Waals surface area contributed by atoms with Crippen LogP contribution in [0.4, 0.5) is 0 Å². The highest BCUT2D eigenvalue weighted by molar-refractivity contribution is 7.98. The molecule has 1 aromatic carbocycles. The van der Waals surface area contributed by atoms with Gasteiger partial charge in [-0.1, -0.05) is 35.7 Å². The van der Waals surface area contributed by atoms with Crippen LogP contribution in [0.15, 0.2) is 46.4 Å². The van der Waals surface area contributed by atoms with E-state index >= 15 is 0 Å². The highest BCUT2D eigenvalue weighted by Crippen LogP contribution is 2.20. The van der Waals surface area contributed by atoms with Gasteiger partial charge in [-0.3, -0.25) is 0 Å². The minimum atomic E-state index is 0.384. The van der Waals surface area contributed by atoms with Crippen LogP contribution in [0.1, 0.15) is 11.1 Å². The van der Waals surface area contributed by atoms with Crippen LogP contribution in [0.5, 0.6) is 0 Å². The molecule has 0 aliphatic heterocycles. The fourth-order valence-corrected chi connectivity index (χ4v) is 2.05. The van der Waals surface area contributed by atoms with Crippen LogP contribution < -0.4 is 5.73 Å². The molecule has 0 saturated carbocycles. The smallest absolute Gasteiger partial charge is 0.255 e. The normalized spacial score (nSPS) is 9.71. The molecule has 1 aromatic heterocycles. The Morgan fingerprint density at radius 3 is 3.12 bits per heavy atom. The van der Waals surface area contributed by atoms with Gasteiger partial charge in [0, 0.05) is 11.3 Å². The first-order valence-corrected chi connectivity index (χ1v) is 6.17. The minimum absolute atomic E-state index is 0.384. The predicted molar refractivity (Wildman–Crippen MR) is 68.4 cm³/mol. The largest absolute Gasteiger partial charge is 0.440 e. The van der Waals surface area contributed by atoms with Gasteiger partial charge in [-0.05, 0) is 17.7 Å². The maximum atomic E-state index is 5.34. The zero-order valence-corrected chi connectivity index (χ0v) is 10.0. The molecule has 0 atom stereocenters. The van der Waals surface area contributed by atoms with E-state index < -0.39 is 0 Å². The average molecular weight is 244 g/mol. The van der Waals surface area contributed by atoms with Gasteiger partial charge < -0.3 is 10.2 Å². The van der Waals surface area contributed by atoms with Crippen molar-refractivity contribution in [3.63, 3.8) is 0 Å². The quantitative estimate of drug-likeness (QED) is 0.664. The summed E-state index contributed by atoms with van der Waals surface area (Å²) in [5, 5.41) is 0.684. The van der Waals surface area contributed by atoms with Gasteiger partial charge in [-0.25, -0.2) is 4.98 Å². The molecule has 0 radical (unpaired) electrons. The Hall–Kier alpha value is -1.70. The number of hydrogen-bond donors (Lipinski definition) is 1. The van der Waals surface area contributed by atoms with E-state index in [-0.39, 0.29) is 0 Å². The van der Waals surface area contributed by atoms with Crippen LogP contribution in [0, 0.1) is 11.8 Å². The molecule has 2 rings (SSSR count). The Morgan fingerprint density at radius 2 is 2.35 bits per heavy atom. The van der Waals surface area contributed by atoms with Crippen molar-refractivity contribution in [3.05, 3.63) is 47.9 Å². The number of aromatic nitrogens is 1. The van der Waals surface area contributed by atoms with Gasteiger partial charge in [0.15, 0.2) is 0 Å². The number of thioether (sulfide) groups is 1. The highest BCUT2D eigenvalue weighted by atomic mass is 32.2. The molecule has 0 aliphatic carbocycles. The molecular weight excluding hydrogens is 232 g/mol. The number of nitrogens with two attached hydrogens (primary N) is 1. The summed E-state index contributed by atoms with van der Waals surface area (Å²) in [6, 6.07) is 8.08. The second-order valence-corrected chi connectivity index (χ2v) is 4.22. The first-order valence-electron chi connectivity index (χ1n) is 5.18. The van der Waals surface area contributed by atoms with Gasteiger partial charge >= 0.3 is 0 Å². The van der Waals surface area contributed by atoms with Crippen LogP contribution in [0.3, 0.4) is 0 Å². The van der Waals surface area contributed by atoms with Crippen molar-refractivity contribution in [3.8, 4) is 11.8 Å². The van der Waals surface area contributed by atoms with E-state index in [1.165, 1.54) is 5.56 Å². The molecule has 0 spiro atoms. The maximum Gasteiger partial charge on any atom is 0.255 e. The number of rotatable bonds is 3. The van der Waals surface area contributed by atoms with Crippen molar-refractivity contribution >= 4 is 11.8 Å². The van der Waals surface area contributed by atoms with Crippen molar-refractivity contribution < 1.29 is 4.42 Å². The highest BCUT2D eigenvalue weighted by Gasteiger charge is 2.00. The molecule has 2 N–H and O–H groups in total. The van der Waals surface area contributed by atoms with E-state index in [0.29, 0.717) is 11.8 Å². The average Bonchev–Trinajstić information content (AvgIpc) is 2.87. The molecule has 0 unspecified atom stereocenters. The Kier molecular flexibility index (Phi) is 4.25. The standard InChI is InChI=1S/C13H12N2OS/c14-6-2-5-11-3-1-4-12(9-11)10-17-13-15-7-8-16-13/h1,3-4,7-9H,6,10,14H2. The summed E-state index contributed by atoms with van der Waals surface area (Å²) in [5.74, 6) is 6.67. The summed E-state index contributed by atoms with van der Waals surface area (Å²) in [5.41, 5.74) is 7.52. The fraction of sp³-hybridized carbons (Fsp3) is 0.154. The summed E-state index contributed by atoms with van der Waals surface area (Å²) >= 11 is 1.56. The lowest BCUT2D eigenvalue weighted by Gasteiger charge is -1.99. The minimum Gasteiger partial charge on any atom is -0.440 e. The third kappa shape index (κ3) is 3.66. The fourth-order valence-electron chi connectivity index (χ4n) is 1.32. The van der Waals surface area contributed by atoms with Crippen molar-refractivity contribution in [1.29, 1.82) is 0 Å². The van der Waals surface area contributed by atoms with Crippen LogP contribution in [0.25, 0.3) is 0 Å². The molecule has 0 amide bonds. The lowest BCUT2D eigenvalue weighted by molar-refractivity contribution is 0.454. The van der Waals surface area contributed by atoms with Gasteiger partial charge in [0.2, 0.25) is 0 Å². The van der Waals surface area contributed by atoms with E-state index in [2.05, 4.69) is 29.0 Å². The Bertz CT molecular complexity index is 526. The topological polar surface area (TPSA) is 52.0 Å². The number of hydrogen-bond acceptors (Lipinski definition) is 4. The van der Waals surface area contributed by atoms with Crippen LogP contribution in [-0.4, -0.2) is 11.5 Å². The second kappa shape index (κ2) is 6.14. The lowest BCUT2D eigenvalue weighted by atomic mass is 10.1. The SMILES string of the molecule is NCC#Cc1cccc(CSc2ncco2)c1. The molecule has 17 heavy (non-hydrogen) atoms. The van der Waals surface area contributed by atoms with Gasteiger partial charge in [0.1, 0.15) is 6.26 Å². The number of nitrogens with zero attached hydrogens (tertiary/aromatic N) is 1. The van der Waals surface area contributed by atoms with Crippen molar-refractivity contribution in [1.82, 2.24) is 4.98 Å². The maximum absolute atomic E-state index is 5.34. The molecule has 3 nitrogen and oxygen atoms in total. The summed E-state index contributed by atoms with van der Waals surface area (Å²) in [6.07, 6.45) is 3.22. The molecule has 86 valence electrons. The second-order valence-electron chi connectivity index (χ2n) is 3.29. The summed E-state index contributed by atoms with van der Waals surface area (Å²) in [7, 11) is 0. The van der Waals surface area contributed by atoms with Crippen molar-refractivity contribution in [2.75, 3.05) is 6.54 Å². The lowest BCUT2D eigenvalue weighted by Crippen LogP contribution is -1.93. The predicted octanol–water partition coefficient (Wildman–Crippen LogP) is 2.28. The first-order chi connectivity index (χ1) is 8.38. The molecule has 4 heteroatoms. The summed E-state index contributed by atoms with van der Waals surface area (Å²) < 4.78 is 5.16. The molecule has 2 aromatic rings. The van der Waals surface area contributed by atoms with E-state index in [9.17, 15) is 0 Å². The molecule has 0 aliphatic rings. The van der Waals surface area contributed by atoms with E-state index in [1.54, 1.807) is 24.2 Å². The van der Waals surface area contributed by atoms with Crippen molar-refractivity contribution in [2.45, 2.75) is 11.0 Å². The van der Waals surface area contributed by atoms with Crippen LogP contribution in [0.2, 0.25) is 0 Å². The van der Waals surface area contributed by atoms with E-state index in [1.807, 2.05) is 12.1 Å². The van der Waals surface area contributed by atoms with E-state index in [0.717, 1.165) is 11.3 Å². The van der Waals surface area contributed by atoms with Gasteiger partial charge in [-0.2, -0.15) is 0 Å². The third-order valence-corrected chi connectivity index (χ3v) is 2.96. The third-order valence-electron chi connectivity index (χ3n) is 2.03. The Morgan fingerprint density at radius 1 is 1.41 bits per heavy atom. The number of oxazole rings is 1. The van der Waals surface area contributed by atoms with Gasteiger partial charge in [-0.15, -0.1) is 0 Å². The van der Waals surface area contributed by atoms with Crippen molar-refractivity contribution in [2.24, 2.45) is 5.73 Å². The van der Waals surface area contributed by atoms with Gasteiger partial charge in [0.25, 0.3) is 5.22 Å². The zero-order valence-electron chi connectivity index (χ0n) is 9.22. The van der Waals surface area contributed by atoms with Crippen LogP contribution >= 0.6 is 11.8 Å². The number of benzene rings is 1. The molecule has 0 fully saturated rings. The Balaban J connectivity index is 2.01. The van der Waals surface area contributed by atoms with Gasteiger partial charge in [0.05, 0.1) is 12.7 Å². The molecule has 0 saturated heterocycles. The monoisotopic (exact) mass is 244 g/mol. The molecular formula is C13H12N2OS. The summed E-state index contributed by atoms with van der Waals surface area (Å²) in [6.45, 7) is 0.384. The zero-order chi connectivity index (χ0) is 11.9. The summed E-state index contributed by atoms with van der Waals surface area (Å²) in [4.78, 5) is 4.06. The molecule has 0 bridgehead atoms. The Labute approximate surface area is 104 Å².